The number of nitrogens with one attached hydrogen (secondary N) is 1. The molecule has 0 aliphatic carbocycles. The Morgan fingerprint density at radius 3 is 2.38 bits per heavy atom. The molecule has 3 rings (SSSR count). The minimum Gasteiger partial charge on any atom is -0.463 e. The number of aromatic amines is 1. The van der Waals surface area contributed by atoms with Crippen molar-refractivity contribution in [3.8, 4) is 0 Å². The molecule has 0 amide bonds. The number of nitrogens with zero attached hydrogens (tertiary/aromatic N) is 3. The van der Waals surface area contributed by atoms with E-state index >= 15 is 0 Å². The van der Waals surface area contributed by atoms with Crippen LogP contribution < -0.4 is 0 Å². The summed E-state index contributed by atoms with van der Waals surface area (Å²) in [7, 11) is 0. The van der Waals surface area contributed by atoms with E-state index in [1.807, 2.05) is 6.26 Å². The molecule has 0 radical (unpaired) electrons. The second-order valence-electron chi connectivity index (χ2n) is 6.26. The van der Waals surface area contributed by atoms with Gasteiger partial charge in [-0.3, -0.25) is 19.5 Å². The number of hydrogen-bond acceptors (Lipinski definition) is 11. The molecular weight excluding hydrogens is 404 g/mol. The van der Waals surface area contributed by atoms with Gasteiger partial charge >= 0.3 is 17.9 Å². The minimum atomic E-state index is -0.992. The van der Waals surface area contributed by atoms with Crippen LogP contribution in [0.5, 0.6) is 0 Å². The van der Waals surface area contributed by atoms with Crippen molar-refractivity contribution in [2.75, 3.05) is 12.9 Å². The molecular formula is C17H20N4O7S. The Labute approximate surface area is 169 Å². The van der Waals surface area contributed by atoms with Crippen LogP contribution in [0.2, 0.25) is 0 Å². The van der Waals surface area contributed by atoms with Crippen molar-refractivity contribution in [1.82, 2.24) is 20.2 Å². The zero-order valence-electron chi connectivity index (χ0n) is 16.2. The maximum Gasteiger partial charge on any atom is 0.303 e. The van der Waals surface area contributed by atoms with Crippen molar-refractivity contribution < 1.29 is 33.3 Å². The topological polar surface area (TPSA) is 143 Å². The van der Waals surface area contributed by atoms with Gasteiger partial charge in [0, 0.05) is 20.8 Å². The van der Waals surface area contributed by atoms with E-state index in [1.165, 1.54) is 38.9 Å². The van der Waals surface area contributed by atoms with Crippen molar-refractivity contribution in [3.05, 3.63) is 12.0 Å². The third-order valence-corrected chi connectivity index (χ3v) is 4.86. The Kier molecular flexibility index (Phi) is 6.33. The number of esters is 3. The normalized spacial score (nSPS) is 23.7. The first-order valence-corrected chi connectivity index (χ1v) is 9.90. The lowest BCUT2D eigenvalue weighted by Crippen LogP contribution is -2.40. The van der Waals surface area contributed by atoms with E-state index in [9.17, 15) is 14.4 Å². The van der Waals surface area contributed by atoms with E-state index < -0.39 is 42.3 Å². The van der Waals surface area contributed by atoms with E-state index in [0.717, 1.165) is 0 Å². The fraction of sp³-hybridized carbons (Fsp3) is 0.529. The van der Waals surface area contributed by atoms with Crippen LogP contribution in [0, 0.1) is 0 Å². The Balaban J connectivity index is 2.02. The van der Waals surface area contributed by atoms with Crippen LogP contribution in [0.15, 0.2) is 11.4 Å². The second-order valence-corrected chi connectivity index (χ2v) is 7.06. The standard InChI is InChI=1S/C17H20N4O7S/c1-7(22)25-5-10-14(26-8(2)23)16(27-9(3)24)15(28-10)12-11-13(21-20-12)17(29-4)19-6-18-11/h6,10,14-16H,5H2,1-4H3,(H,20,21)/t10-,14+,15+,16+/m1/s1. The van der Waals surface area contributed by atoms with Crippen LogP contribution in [0.4, 0.5) is 0 Å². The molecule has 29 heavy (non-hydrogen) atoms. The highest BCUT2D eigenvalue weighted by Gasteiger charge is 2.51. The zero-order valence-corrected chi connectivity index (χ0v) is 17.0. The lowest BCUT2D eigenvalue weighted by Gasteiger charge is -2.23. The van der Waals surface area contributed by atoms with Gasteiger partial charge in [-0.05, 0) is 6.26 Å². The second kappa shape index (κ2) is 8.74. The molecule has 0 unspecified atom stereocenters. The fourth-order valence-corrected chi connectivity index (χ4v) is 3.61. The molecule has 1 aliphatic heterocycles. The number of thioether (sulfide) groups is 1. The number of carbonyl (C=O) groups is 3. The van der Waals surface area contributed by atoms with Crippen molar-refractivity contribution >= 4 is 40.7 Å². The molecule has 0 spiro atoms. The Bertz CT molecular complexity index is 934. The van der Waals surface area contributed by atoms with Gasteiger partial charge < -0.3 is 18.9 Å². The minimum absolute atomic E-state index is 0.182. The molecule has 11 nitrogen and oxygen atoms in total. The van der Waals surface area contributed by atoms with Gasteiger partial charge in [0.25, 0.3) is 0 Å². The summed E-state index contributed by atoms with van der Waals surface area (Å²) in [5.74, 6) is -1.70. The number of hydrogen-bond donors (Lipinski definition) is 1. The van der Waals surface area contributed by atoms with Crippen molar-refractivity contribution in [1.29, 1.82) is 0 Å². The van der Waals surface area contributed by atoms with E-state index in [-0.39, 0.29) is 6.61 Å². The van der Waals surface area contributed by atoms with Crippen LogP contribution in [0.25, 0.3) is 11.0 Å². The molecule has 1 saturated heterocycles. The van der Waals surface area contributed by atoms with Crippen LogP contribution >= 0.6 is 11.8 Å². The van der Waals surface area contributed by atoms with Gasteiger partial charge in [0.15, 0.2) is 12.2 Å². The summed E-state index contributed by atoms with van der Waals surface area (Å²) in [6.07, 6.45) is -0.455. The van der Waals surface area contributed by atoms with Gasteiger partial charge in [0.2, 0.25) is 0 Å². The Morgan fingerprint density at radius 2 is 1.76 bits per heavy atom. The van der Waals surface area contributed by atoms with Crippen LogP contribution in [-0.2, 0) is 33.3 Å². The third kappa shape index (κ3) is 4.48. The summed E-state index contributed by atoms with van der Waals surface area (Å²) < 4.78 is 21.8. The van der Waals surface area contributed by atoms with Crippen LogP contribution in [-0.4, -0.2) is 69.2 Å². The number of carbonyl (C=O) groups excluding carboxylic acids is 3. The predicted octanol–water partition coefficient (Wildman–Crippen LogP) is 0.941. The number of rotatable bonds is 6. The highest BCUT2D eigenvalue weighted by molar-refractivity contribution is 7.98. The van der Waals surface area contributed by atoms with Gasteiger partial charge in [0.05, 0.1) is 5.69 Å². The van der Waals surface area contributed by atoms with Crippen molar-refractivity contribution in [3.63, 3.8) is 0 Å². The Hall–Kier alpha value is -2.73. The number of H-pyrrole nitrogens is 1. The molecule has 156 valence electrons. The number of fused-ring (bicyclic) bond motifs is 1. The molecule has 2 aromatic rings. The highest BCUT2D eigenvalue weighted by atomic mass is 32.2. The largest absolute Gasteiger partial charge is 0.463 e. The van der Waals surface area contributed by atoms with Gasteiger partial charge in [-0.15, -0.1) is 11.8 Å². The average molecular weight is 424 g/mol. The zero-order chi connectivity index (χ0) is 21.1. The van der Waals surface area contributed by atoms with Gasteiger partial charge in [-0.1, -0.05) is 0 Å². The molecule has 0 aromatic carbocycles. The first-order chi connectivity index (χ1) is 13.8. The monoisotopic (exact) mass is 424 g/mol. The number of ether oxygens (including phenoxy) is 4. The summed E-state index contributed by atoms with van der Waals surface area (Å²) in [6, 6.07) is 0. The van der Waals surface area contributed by atoms with E-state index in [0.29, 0.717) is 21.8 Å². The molecule has 0 bridgehead atoms. The van der Waals surface area contributed by atoms with Gasteiger partial charge in [0.1, 0.15) is 41.2 Å². The van der Waals surface area contributed by atoms with Gasteiger partial charge in [-0.25, -0.2) is 9.97 Å². The quantitative estimate of drug-likeness (QED) is 0.306. The molecule has 2 aromatic heterocycles. The molecule has 1 N–H and O–H groups in total. The summed E-state index contributed by atoms with van der Waals surface area (Å²) in [4.78, 5) is 43.0. The maximum absolute atomic E-state index is 11.7. The van der Waals surface area contributed by atoms with E-state index in [2.05, 4.69) is 20.2 Å². The van der Waals surface area contributed by atoms with Crippen molar-refractivity contribution in [2.45, 2.75) is 50.2 Å². The lowest BCUT2D eigenvalue weighted by molar-refractivity contribution is -0.165. The molecule has 3 heterocycles. The molecule has 1 fully saturated rings. The SMILES string of the molecule is CSc1ncnc2c([C@@H]3O[C@H](COC(C)=O)[C@H](OC(C)=O)[C@@H]3OC(C)=O)[nH]nc12. The van der Waals surface area contributed by atoms with E-state index in [4.69, 9.17) is 18.9 Å². The summed E-state index contributed by atoms with van der Waals surface area (Å²) >= 11 is 1.40. The Morgan fingerprint density at radius 1 is 1.07 bits per heavy atom. The summed E-state index contributed by atoms with van der Waals surface area (Å²) in [5, 5.41) is 7.77. The molecule has 12 heteroatoms. The lowest BCUT2D eigenvalue weighted by atomic mass is 10.0. The first-order valence-electron chi connectivity index (χ1n) is 8.68. The maximum atomic E-state index is 11.7. The predicted molar refractivity (Wildman–Crippen MR) is 98.8 cm³/mol. The van der Waals surface area contributed by atoms with Crippen LogP contribution in [0.3, 0.4) is 0 Å². The van der Waals surface area contributed by atoms with Crippen LogP contribution in [0.1, 0.15) is 32.6 Å². The summed E-state index contributed by atoms with van der Waals surface area (Å²) in [5.41, 5.74) is 1.46. The highest BCUT2D eigenvalue weighted by Crippen LogP contribution is 2.39. The number of aromatic nitrogens is 4. The van der Waals surface area contributed by atoms with Gasteiger partial charge in [-0.2, -0.15) is 5.10 Å². The smallest absolute Gasteiger partial charge is 0.303 e. The molecule has 4 atom stereocenters. The first kappa shape index (κ1) is 21.0. The average Bonchev–Trinajstić information content (AvgIpc) is 3.21. The fourth-order valence-electron chi connectivity index (χ4n) is 3.13. The molecule has 0 saturated carbocycles. The molecule has 1 aliphatic rings. The van der Waals surface area contributed by atoms with Crippen molar-refractivity contribution in [2.24, 2.45) is 0 Å². The summed E-state index contributed by atoms with van der Waals surface area (Å²) in [6.45, 7) is 3.53. The third-order valence-electron chi connectivity index (χ3n) is 4.17. The van der Waals surface area contributed by atoms with E-state index in [1.54, 1.807) is 0 Å².